The van der Waals surface area contributed by atoms with Crippen molar-refractivity contribution >= 4 is 5.82 Å². The van der Waals surface area contributed by atoms with Gasteiger partial charge in [0.25, 0.3) is 0 Å². The minimum atomic E-state index is 0.273. The van der Waals surface area contributed by atoms with Crippen LogP contribution < -0.4 is 4.90 Å². The lowest BCUT2D eigenvalue weighted by Crippen LogP contribution is -2.47. The quantitative estimate of drug-likeness (QED) is 0.805. The van der Waals surface area contributed by atoms with Crippen molar-refractivity contribution in [2.24, 2.45) is 5.92 Å². The summed E-state index contributed by atoms with van der Waals surface area (Å²) in [6, 6.07) is 2.02. The number of morpholine rings is 1. The summed E-state index contributed by atoms with van der Waals surface area (Å²) in [5.74, 6) is 3.25. The van der Waals surface area contributed by atoms with E-state index in [1.807, 2.05) is 12.3 Å². The molecule has 22 heavy (non-hydrogen) atoms. The van der Waals surface area contributed by atoms with Crippen molar-refractivity contribution in [1.82, 2.24) is 14.9 Å². The summed E-state index contributed by atoms with van der Waals surface area (Å²) in [5, 5.41) is 0. The lowest BCUT2D eigenvalue weighted by atomic mass is 10.2. The van der Waals surface area contributed by atoms with Crippen LogP contribution in [0.3, 0.4) is 0 Å². The second-order valence-corrected chi connectivity index (χ2v) is 7.03. The van der Waals surface area contributed by atoms with Crippen molar-refractivity contribution in [2.75, 3.05) is 44.7 Å². The lowest BCUT2D eigenvalue weighted by Gasteiger charge is -2.35. The van der Waals surface area contributed by atoms with E-state index in [4.69, 9.17) is 9.72 Å². The number of likely N-dealkylation sites (N-methyl/N-ethyl adjacent to an activating group) is 1. The Kier molecular flexibility index (Phi) is 4.93. The maximum atomic E-state index is 5.95. The zero-order valence-corrected chi connectivity index (χ0v) is 14.0. The Morgan fingerprint density at radius 1 is 1.36 bits per heavy atom. The van der Waals surface area contributed by atoms with Gasteiger partial charge in [0.05, 0.1) is 12.7 Å². The molecule has 5 heteroatoms. The van der Waals surface area contributed by atoms with Crippen LogP contribution in [0.5, 0.6) is 0 Å². The fourth-order valence-electron chi connectivity index (χ4n) is 3.02. The Balaban J connectivity index is 1.58. The Labute approximate surface area is 133 Å². The van der Waals surface area contributed by atoms with E-state index in [2.05, 4.69) is 35.7 Å². The minimum Gasteiger partial charge on any atom is -0.373 e. The summed E-state index contributed by atoms with van der Waals surface area (Å²) in [6.45, 7) is 9.10. The Morgan fingerprint density at radius 2 is 2.18 bits per heavy atom. The van der Waals surface area contributed by atoms with Crippen molar-refractivity contribution in [3.8, 4) is 0 Å². The molecule has 2 fully saturated rings. The van der Waals surface area contributed by atoms with E-state index in [1.54, 1.807) is 0 Å². The van der Waals surface area contributed by atoms with E-state index in [0.717, 1.165) is 43.8 Å². The molecule has 1 unspecified atom stereocenters. The monoisotopic (exact) mass is 304 g/mol. The molecular weight excluding hydrogens is 276 g/mol. The average molecular weight is 304 g/mol. The summed E-state index contributed by atoms with van der Waals surface area (Å²) in [4.78, 5) is 13.8. The predicted octanol–water partition coefficient (Wildman–Crippen LogP) is 2.15. The third-order valence-electron chi connectivity index (χ3n) is 4.42. The number of hydrogen-bond acceptors (Lipinski definition) is 5. The molecule has 0 spiro atoms. The van der Waals surface area contributed by atoms with Gasteiger partial charge in [-0.1, -0.05) is 13.8 Å². The normalized spacial score (nSPS) is 22.6. The van der Waals surface area contributed by atoms with Crippen molar-refractivity contribution in [2.45, 2.75) is 38.7 Å². The van der Waals surface area contributed by atoms with Crippen molar-refractivity contribution < 1.29 is 4.74 Å². The molecule has 0 aromatic carbocycles. The van der Waals surface area contributed by atoms with Gasteiger partial charge in [0.15, 0.2) is 0 Å². The SMILES string of the molecule is CC(C)c1nccc(N2CCOC(CN(C)CC3CC3)C2)n1. The predicted molar refractivity (Wildman–Crippen MR) is 88.3 cm³/mol. The third-order valence-corrected chi connectivity index (χ3v) is 4.42. The van der Waals surface area contributed by atoms with Gasteiger partial charge in [-0.2, -0.15) is 0 Å². The molecule has 1 aliphatic heterocycles. The van der Waals surface area contributed by atoms with E-state index in [0.29, 0.717) is 5.92 Å². The van der Waals surface area contributed by atoms with Crippen molar-refractivity contribution in [1.29, 1.82) is 0 Å². The molecule has 0 N–H and O–H groups in total. The fourth-order valence-corrected chi connectivity index (χ4v) is 3.02. The van der Waals surface area contributed by atoms with Crippen LogP contribution in [0.15, 0.2) is 12.3 Å². The van der Waals surface area contributed by atoms with Crippen LogP contribution in [-0.2, 0) is 4.74 Å². The molecule has 1 aliphatic carbocycles. The van der Waals surface area contributed by atoms with Crippen LogP contribution >= 0.6 is 0 Å². The molecule has 0 radical (unpaired) electrons. The maximum absolute atomic E-state index is 5.95. The summed E-state index contributed by atoms with van der Waals surface area (Å²) in [5.41, 5.74) is 0. The van der Waals surface area contributed by atoms with Gasteiger partial charge in [-0.15, -0.1) is 0 Å². The zero-order chi connectivity index (χ0) is 15.5. The topological polar surface area (TPSA) is 41.5 Å². The molecule has 1 aromatic heterocycles. The number of aromatic nitrogens is 2. The highest BCUT2D eigenvalue weighted by Gasteiger charge is 2.26. The average Bonchev–Trinajstić information content (AvgIpc) is 3.31. The zero-order valence-electron chi connectivity index (χ0n) is 14.0. The first-order valence-corrected chi connectivity index (χ1v) is 8.50. The fraction of sp³-hybridized carbons (Fsp3) is 0.765. The molecule has 1 saturated carbocycles. The molecule has 1 saturated heterocycles. The van der Waals surface area contributed by atoms with Gasteiger partial charge in [0.2, 0.25) is 0 Å². The summed E-state index contributed by atoms with van der Waals surface area (Å²) in [6.07, 6.45) is 4.96. The van der Waals surface area contributed by atoms with E-state index in [-0.39, 0.29) is 6.10 Å². The molecule has 0 amide bonds. The first-order chi connectivity index (χ1) is 10.6. The number of nitrogens with zero attached hydrogens (tertiary/aromatic N) is 4. The summed E-state index contributed by atoms with van der Waals surface area (Å²) >= 11 is 0. The first kappa shape index (κ1) is 15.7. The van der Waals surface area contributed by atoms with E-state index in [9.17, 15) is 0 Å². The summed E-state index contributed by atoms with van der Waals surface area (Å²) in [7, 11) is 2.21. The van der Waals surface area contributed by atoms with Gasteiger partial charge >= 0.3 is 0 Å². The van der Waals surface area contributed by atoms with Gasteiger partial charge in [-0.05, 0) is 31.9 Å². The van der Waals surface area contributed by atoms with Gasteiger partial charge in [-0.25, -0.2) is 9.97 Å². The molecular formula is C17H28N4O. The van der Waals surface area contributed by atoms with Crippen molar-refractivity contribution in [3.05, 3.63) is 18.1 Å². The number of anilines is 1. The number of hydrogen-bond donors (Lipinski definition) is 0. The number of ether oxygens (including phenoxy) is 1. The molecule has 5 nitrogen and oxygen atoms in total. The van der Waals surface area contributed by atoms with Gasteiger partial charge in [0.1, 0.15) is 11.6 Å². The van der Waals surface area contributed by atoms with Crippen LogP contribution in [-0.4, -0.2) is 60.8 Å². The first-order valence-electron chi connectivity index (χ1n) is 8.50. The molecule has 1 aromatic rings. The van der Waals surface area contributed by atoms with Gasteiger partial charge in [-0.3, -0.25) is 0 Å². The van der Waals surface area contributed by atoms with E-state index < -0.39 is 0 Å². The second-order valence-electron chi connectivity index (χ2n) is 7.03. The maximum Gasteiger partial charge on any atom is 0.133 e. The number of rotatable bonds is 6. The van der Waals surface area contributed by atoms with Gasteiger partial charge in [0, 0.05) is 38.3 Å². The highest BCUT2D eigenvalue weighted by molar-refractivity contribution is 5.38. The van der Waals surface area contributed by atoms with Gasteiger partial charge < -0.3 is 14.5 Å². The Hall–Kier alpha value is -1.20. The molecule has 122 valence electrons. The van der Waals surface area contributed by atoms with Crippen LogP contribution in [0.4, 0.5) is 5.82 Å². The van der Waals surface area contributed by atoms with Crippen LogP contribution in [0.1, 0.15) is 38.4 Å². The Morgan fingerprint density at radius 3 is 2.91 bits per heavy atom. The molecule has 0 bridgehead atoms. The van der Waals surface area contributed by atoms with E-state index >= 15 is 0 Å². The second kappa shape index (κ2) is 6.92. The highest BCUT2D eigenvalue weighted by atomic mass is 16.5. The minimum absolute atomic E-state index is 0.273. The lowest BCUT2D eigenvalue weighted by molar-refractivity contribution is 0.0197. The standard InChI is InChI=1S/C17H28N4O/c1-13(2)17-18-7-6-16(19-17)21-8-9-22-15(12-21)11-20(3)10-14-4-5-14/h6-7,13-15H,4-5,8-12H2,1-3H3. The molecule has 2 aliphatic rings. The van der Waals surface area contributed by atoms with Crippen molar-refractivity contribution in [3.63, 3.8) is 0 Å². The Bertz CT molecular complexity index is 489. The summed E-state index contributed by atoms with van der Waals surface area (Å²) < 4.78 is 5.95. The van der Waals surface area contributed by atoms with E-state index in [1.165, 1.54) is 19.4 Å². The highest BCUT2D eigenvalue weighted by Crippen LogP contribution is 2.29. The molecule has 3 rings (SSSR count). The largest absolute Gasteiger partial charge is 0.373 e. The smallest absolute Gasteiger partial charge is 0.133 e. The van der Waals surface area contributed by atoms with Crippen LogP contribution in [0.25, 0.3) is 0 Å². The molecule has 1 atom stereocenters. The molecule has 2 heterocycles. The van der Waals surface area contributed by atoms with Crippen LogP contribution in [0.2, 0.25) is 0 Å². The van der Waals surface area contributed by atoms with Crippen LogP contribution in [0, 0.1) is 5.92 Å². The third kappa shape index (κ3) is 4.17.